The van der Waals surface area contributed by atoms with Crippen molar-refractivity contribution in [1.29, 1.82) is 0 Å². The zero-order valence-electron chi connectivity index (χ0n) is 12.1. The molecule has 1 N–H and O–H groups in total. The van der Waals surface area contributed by atoms with Gasteiger partial charge in [-0.25, -0.2) is 9.97 Å². The summed E-state index contributed by atoms with van der Waals surface area (Å²) in [6.07, 6.45) is 1.05. The third-order valence-electron chi connectivity index (χ3n) is 3.21. The van der Waals surface area contributed by atoms with Crippen molar-refractivity contribution >= 4 is 5.82 Å². The molecule has 2 rings (SSSR count). The van der Waals surface area contributed by atoms with E-state index in [1.165, 1.54) is 5.56 Å². The van der Waals surface area contributed by atoms with Crippen molar-refractivity contribution in [3.05, 3.63) is 41.6 Å². The second kappa shape index (κ2) is 5.83. The fourth-order valence-electron chi connectivity index (χ4n) is 1.91. The van der Waals surface area contributed by atoms with Crippen LogP contribution in [0.2, 0.25) is 0 Å². The van der Waals surface area contributed by atoms with E-state index in [4.69, 9.17) is 0 Å². The summed E-state index contributed by atoms with van der Waals surface area (Å²) in [6, 6.07) is 10.5. The van der Waals surface area contributed by atoms with Gasteiger partial charge in [-0.3, -0.25) is 0 Å². The van der Waals surface area contributed by atoms with Crippen LogP contribution in [0, 0.1) is 0 Å². The quantitative estimate of drug-likeness (QED) is 0.901. The zero-order chi connectivity index (χ0) is 13.8. The average Bonchev–Trinajstić information content (AvgIpc) is 2.46. The van der Waals surface area contributed by atoms with Crippen LogP contribution in [0.5, 0.6) is 0 Å². The largest absolute Gasteiger partial charge is 0.373 e. The molecule has 0 aliphatic rings. The number of rotatable bonds is 4. The summed E-state index contributed by atoms with van der Waals surface area (Å²) < 4.78 is 0. The van der Waals surface area contributed by atoms with E-state index in [1.54, 1.807) is 0 Å². The second-order valence-electron chi connectivity index (χ2n) is 4.96. The van der Waals surface area contributed by atoms with Crippen LogP contribution in [-0.2, 0) is 6.42 Å². The highest BCUT2D eigenvalue weighted by molar-refractivity contribution is 5.58. The zero-order valence-corrected chi connectivity index (χ0v) is 12.1. The molecule has 0 aliphatic carbocycles. The van der Waals surface area contributed by atoms with Gasteiger partial charge in [-0.1, -0.05) is 45.0 Å². The SMILES string of the molecule is CCc1ccc(-c2nc(NC)cc(C(C)C)n2)cc1. The van der Waals surface area contributed by atoms with Crippen molar-refractivity contribution in [2.24, 2.45) is 0 Å². The van der Waals surface area contributed by atoms with Gasteiger partial charge in [-0.15, -0.1) is 0 Å². The molecular formula is C16H21N3. The van der Waals surface area contributed by atoms with E-state index in [-0.39, 0.29) is 0 Å². The highest BCUT2D eigenvalue weighted by Gasteiger charge is 2.08. The van der Waals surface area contributed by atoms with E-state index in [1.807, 2.05) is 13.1 Å². The lowest BCUT2D eigenvalue weighted by molar-refractivity contribution is 0.817. The van der Waals surface area contributed by atoms with Crippen molar-refractivity contribution in [3.63, 3.8) is 0 Å². The monoisotopic (exact) mass is 255 g/mol. The summed E-state index contributed by atoms with van der Waals surface area (Å²) in [7, 11) is 1.89. The summed E-state index contributed by atoms with van der Waals surface area (Å²) in [5.74, 6) is 2.05. The van der Waals surface area contributed by atoms with E-state index in [0.29, 0.717) is 5.92 Å². The minimum atomic E-state index is 0.392. The highest BCUT2D eigenvalue weighted by atomic mass is 15.0. The van der Waals surface area contributed by atoms with Gasteiger partial charge < -0.3 is 5.32 Å². The third kappa shape index (κ3) is 3.11. The smallest absolute Gasteiger partial charge is 0.161 e. The van der Waals surface area contributed by atoms with Gasteiger partial charge in [0.25, 0.3) is 0 Å². The van der Waals surface area contributed by atoms with Gasteiger partial charge in [0, 0.05) is 24.4 Å². The van der Waals surface area contributed by atoms with Crippen LogP contribution >= 0.6 is 0 Å². The first kappa shape index (κ1) is 13.5. The summed E-state index contributed by atoms with van der Waals surface area (Å²) in [6.45, 7) is 6.45. The molecule has 0 unspecified atom stereocenters. The number of aromatic nitrogens is 2. The second-order valence-corrected chi connectivity index (χ2v) is 4.96. The maximum absolute atomic E-state index is 4.66. The number of anilines is 1. The summed E-state index contributed by atoms with van der Waals surface area (Å²) >= 11 is 0. The fourth-order valence-corrected chi connectivity index (χ4v) is 1.91. The maximum Gasteiger partial charge on any atom is 0.161 e. The van der Waals surface area contributed by atoms with Gasteiger partial charge in [0.1, 0.15) is 5.82 Å². The van der Waals surface area contributed by atoms with E-state index < -0.39 is 0 Å². The van der Waals surface area contributed by atoms with E-state index in [9.17, 15) is 0 Å². The summed E-state index contributed by atoms with van der Waals surface area (Å²) in [5.41, 5.74) is 3.46. The lowest BCUT2D eigenvalue weighted by Gasteiger charge is -2.10. The topological polar surface area (TPSA) is 37.8 Å². The molecule has 0 spiro atoms. The molecular weight excluding hydrogens is 234 g/mol. The van der Waals surface area contributed by atoms with Crippen LogP contribution in [-0.4, -0.2) is 17.0 Å². The predicted molar refractivity (Wildman–Crippen MR) is 80.5 cm³/mol. The Bertz CT molecular complexity index is 544. The van der Waals surface area contributed by atoms with Crippen LogP contribution in [0.15, 0.2) is 30.3 Å². The standard InChI is InChI=1S/C16H21N3/c1-5-12-6-8-13(9-7-12)16-18-14(11(2)3)10-15(17-4)19-16/h6-11H,5H2,1-4H3,(H,17,18,19). The Morgan fingerprint density at radius 3 is 2.32 bits per heavy atom. The molecule has 0 saturated carbocycles. The molecule has 0 fully saturated rings. The molecule has 1 heterocycles. The third-order valence-corrected chi connectivity index (χ3v) is 3.21. The van der Waals surface area contributed by atoms with Crippen LogP contribution in [0.4, 0.5) is 5.82 Å². The first-order valence-electron chi connectivity index (χ1n) is 6.80. The van der Waals surface area contributed by atoms with Gasteiger partial charge in [0.15, 0.2) is 5.82 Å². The van der Waals surface area contributed by atoms with E-state index in [0.717, 1.165) is 29.3 Å². The Morgan fingerprint density at radius 1 is 1.11 bits per heavy atom. The molecule has 3 heteroatoms. The number of benzene rings is 1. The molecule has 1 aromatic carbocycles. The first-order chi connectivity index (χ1) is 9.13. The molecule has 0 amide bonds. The highest BCUT2D eigenvalue weighted by Crippen LogP contribution is 2.22. The maximum atomic E-state index is 4.66. The van der Waals surface area contributed by atoms with Crippen LogP contribution in [0.1, 0.15) is 37.9 Å². The Morgan fingerprint density at radius 2 is 1.79 bits per heavy atom. The van der Waals surface area contributed by atoms with Crippen molar-refractivity contribution < 1.29 is 0 Å². The van der Waals surface area contributed by atoms with Gasteiger partial charge in [-0.2, -0.15) is 0 Å². The number of nitrogens with zero attached hydrogens (tertiary/aromatic N) is 2. The van der Waals surface area contributed by atoms with E-state index >= 15 is 0 Å². The Balaban J connectivity index is 2.44. The molecule has 1 aromatic heterocycles. The predicted octanol–water partition coefficient (Wildman–Crippen LogP) is 3.87. The number of hydrogen-bond donors (Lipinski definition) is 1. The normalized spacial score (nSPS) is 10.8. The molecule has 0 radical (unpaired) electrons. The van der Waals surface area contributed by atoms with E-state index in [2.05, 4.69) is 60.3 Å². The lowest BCUT2D eigenvalue weighted by Crippen LogP contribution is -2.02. The fraction of sp³-hybridized carbons (Fsp3) is 0.375. The van der Waals surface area contributed by atoms with Gasteiger partial charge in [0.2, 0.25) is 0 Å². The molecule has 2 aromatic rings. The first-order valence-corrected chi connectivity index (χ1v) is 6.80. The minimum Gasteiger partial charge on any atom is -0.373 e. The minimum absolute atomic E-state index is 0.392. The molecule has 0 bridgehead atoms. The van der Waals surface area contributed by atoms with Crippen molar-refractivity contribution in [2.75, 3.05) is 12.4 Å². The number of hydrogen-bond acceptors (Lipinski definition) is 3. The molecule has 0 aliphatic heterocycles. The van der Waals surface area contributed by atoms with Crippen molar-refractivity contribution in [3.8, 4) is 11.4 Å². The number of aryl methyl sites for hydroxylation is 1. The van der Waals surface area contributed by atoms with Gasteiger partial charge in [-0.05, 0) is 17.9 Å². The summed E-state index contributed by atoms with van der Waals surface area (Å²) in [4.78, 5) is 9.19. The van der Waals surface area contributed by atoms with Crippen LogP contribution < -0.4 is 5.32 Å². The van der Waals surface area contributed by atoms with Gasteiger partial charge in [0.05, 0.1) is 0 Å². The Hall–Kier alpha value is -1.90. The van der Waals surface area contributed by atoms with Crippen molar-refractivity contribution in [1.82, 2.24) is 9.97 Å². The Labute approximate surface area is 115 Å². The number of nitrogens with one attached hydrogen (secondary N) is 1. The lowest BCUT2D eigenvalue weighted by atomic mass is 10.1. The van der Waals surface area contributed by atoms with Crippen LogP contribution in [0.25, 0.3) is 11.4 Å². The molecule has 3 nitrogen and oxygen atoms in total. The molecule has 0 atom stereocenters. The van der Waals surface area contributed by atoms with Gasteiger partial charge >= 0.3 is 0 Å². The average molecular weight is 255 g/mol. The van der Waals surface area contributed by atoms with Crippen molar-refractivity contribution in [2.45, 2.75) is 33.1 Å². The molecule has 100 valence electrons. The summed E-state index contributed by atoms with van der Waals surface area (Å²) in [5, 5.41) is 3.10. The molecule has 19 heavy (non-hydrogen) atoms. The Kier molecular flexibility index (Phi) is 4.15. The molecule has 0 saturated heterocycles. The van der Waals surface area contributed by atoms with Crippen LogP contribution in [0.3, 0.4) is 0 Å².